The maximum absolute atomic E-state index is 11.5. The number of carbonyl (C=O) groups is 1. The monoisotopic (exact) mass is 313 g/mol. The quantitative estimate of drug-likeness (QED) is 0.584. The Bertz CT molecular complexity index is 436. The van der Waals surface area contributed by atoms with Gasteiger partial charge in [0, 0.05) is 46.0 Å². The summed E-state index contributed by atoms with van der Waals surface area (Å²) in [4.78, 5) is 23.6. The van der Waals surface area contributed by atoms with Crippen molar-refractivity contribution in [1.82, 2.24) is 15.3 Å². The minimum Gasteiger partial charge on any atom is -0.493 e. The maximum Gasteiger partial charge on any atom is 0.273 e. The van der Waals surface area contributed by atoms with Crippen LogP contribution in [-0.2, 0) is 42.3 Å². The first-order chi connectivity index (χ1) is 7.60. The molecule has 2 N–H and O–H groups in total. The van der Waals surface area contributed by atoms with Crippen LogP contribution in [-0.4, -0.2) is 40.9 Å². The van der Waals surface area contributed by atoms with Gasteiger partial charge in [0.05, 0.1) is 5.56 Å². The number of likely N-dealkylation sites (N-methyl/N-ethyl adjacent to an activating group) is 1. The molecule has 8 heteroatoms. The number of nitrogens with one attached hydrogen (secondary N) is 1. The average Bonchev–Trinajstić information content (AvgIpc) is 2.26. The van der Waals surface area contributed by atoms with Crippen LogP contribution < -0.4 is 5.32 Å². The number of hydrogen-bond donors (Lipinski definition) is 2. The fourth-order valence-corrected chi connectivity index (χ4v) is 1.05. The number of aryl methyl sites for hydroxylation is 1. The summed E-state index contributed by atoms with van der Waals surface area (Å²) < 4.78 is 0. The molecular formula is C9H12N4O3Y. The van der Waals surface area contributed by atoms with Gasteiger partial charge in [0.25, 0.3) is 5.91 Å². The molecule has 1 radical (unpaired) electrons. The zero-order chi connectivity index (χ0) is 12.1. The summed E-state index contributed by atoms with van der Waals surface area (Å²) in [7, 11) is 2.74. The summed E-state index contributed by atoms with van der Waals surface area (Å²) in [6.07, 6.45) is 1.31. The van der Waals surface area contributed by atoms with E-state index >= 15 is 0 Å². The molecule has 0 aromatic carbocycles. The molecule has 1 rings (SSSR count). The van der Waals surface area contributed by atoms with E-state index in [4.69, 9.17) is 0 Å². The number of carbonyl (C=O) groups excluding carboxylic acids is 1. The molecule has 0 aliphatic rings. The van der Waals surface area contributed by atoms with Crippen LogP contribution in [0.2, 0.25) is 0 Å². The molecule has 0 spiro atoms. The molecule has 17 heavy (non-hydrogen) atoms. The van der Waals surface area contributed by atoms with E-state index in [0.29, 0.717) is 5.82 Å². The van der Waals surface area contributed by atoms with Gasteiger partial charge in [-0.3, -0.25) is 4.79 Å². The van der Waals surface area contributed by atoms with Crippen molar-refractivity contribution in [2.45, 2.75) is 6.92 Å². The molecule has 1 amide bonds. The summed E-state index contributed by atoms with van der Waals surface area (Å²) in [6.45, 7) is 1.62. The summed E-state index contributed by atoms with van der Waals surface area (Å²) in [6, 6.07) is 0. The number of nitrogens with zero attached hydrogens (tertiary/aromatic N) is 3. The van der Waals surface area contributed by atoms with E-state index in [1.54, 1.807) is 6.92 Å². The first-order valence-corrected chi connectivity index (χ1v) is 4.46. The van der Waals surface area contributed by atoms with Crippen LogP contribution in [0.25, 0.3) is 0 Å². The molecule has 0 saturated carbocycles. The van der Waals surface area contributed by atoms with Crippen LogP contribution in [0.15, 0.2) is 11.4 Å². The van der Waals surface area contributed by atoms with Crippen LogP contribution in [0.1, 0.15) is 11.4 Å². The van der Waals surface area contributed by atoms with Crippen molar-refractivity contribution >= 4 is 11.6 Å². The number of oxime groups is 1. The van der Waals surface area contributed by atoms with Crippen LogP contribution in [0, 0.1) is 6.92 Å². The minimum atomic E-state index is -0.496. The Balaban J connectivity index is 0.00000256. The van der Waals surface area contributed by atoms with Crippen molar-refractivity contribution in [3.8, 4) is 5.88 Å². The molecule has 0 bridgehead atoms. The molecule has 0 atom stereocenters. The van der Waals surface area contributed by atoms with Crippen LogP contribution in [0.4, 0.5) is 0 Å². The molecule has 0 aliphatic carbocycles. The third kappa shape index (κ3) is 4.01. The van der Waals surface area contributed by atoms with E-state index in [0.717, 1.165) is 0 Å². The average molecular weight is 313 g/mol. The Kier molecular flexibility index (Phi) is 6.83. The van der Waals surface area contributed by atoms with Crippen molar-refractivity contribution in [2.24, 2.45) is 5.16 Å². The molecule has 0 unspecified atom stereocenters. The summed E-state index contributed by atoms with van der Waals surface area (Å²) >= 11 is 0. The smallest absolute Gasteiger partial charge is 0.273 e. The predicted molar refractivity (Wildman–Crippen MR) is 56.0 cm³/mol. The van der Waals surface area contributed by atoms with Gasteiger partial charge in [0.15, 0.2) is 5.71 Å². The molecular weight excluding hydrogens is 301 g/mol. The topological polar surface area (TPSA) is 96.7 Å². The third-order valence-corrected chi connectivity index (χ3v) is 1.77. The Morgan fingerprint density at radius 1 is 1.59 bits per heavy atom. The normalized spacial score (nSPS) is 10.4. The van der Waals surface area contributed by atoms with Gasteiger partial charge in [0.2, 0.25) is 5.88 Å². The van der Waals surface area contributed by atoms with Gasteiger partial charge in [-0.25, -0.2) is 4.98 Å². The molecule has 0 fully saturated rings. The number of rotatable bonds is 3. The van der Waals surface area contributed by atoms with Gasteiger partial charge in [0.1, 0.15) is 12.9 Å². The molecule has 1 heterocycles. The van der Waals surface area contributed by atoms with Gasteiger partial charge in [-0.1, -0.05) is 5.16 Å². The van der Waals surface area contributed by atoms with E-state index in [2.05, 4.69) is 25.3 Å². The van der Waals surface area contributed by atoms with Crippen molar-refractivity contribution < 1.29 is 47.4 Å². The fraction of sp³-hybridized carbons (Fsp3) is 0.333. The number of amides is 1. The largest absolute Gasteiger partial charge is 0.493 e. The van der Waals surface area contributed by atoms with Crippen molar-refractivity contribution in [2.75, 3.05) is 14.2 Å². The molecule has 1 aromatic rings. The van der Waals surface area contributed by atoms with Gasteiger partial charge < -0.3 is 15.3 Å². The van der Waals surface area contributed by atoms with E-state index in [1.807, 2.05) is 0 Å². The summed E-state index contributed by atoms with van der Waals surface area (Å²) in [5.41, 5.74) is 0.0364. The number of aromatic hydroxyl groups is 1. The van der Waals surface area contributed by atoms with Gasteiger partial charge in [-0.05, 0) is 6.92 Å². The van der Waals surface area contributed by atoms with Gasteiger partial charge in [-0.2, -0.15) is 4.98 Å². The summed E-state index contributed by atoms with van der Waals surface area (Å²) in [5, 5.41) is 15.5. The van der Waals surface area contributed by atoms with E-state index < -0.39 is 5.91 Å². The van der Waals surface area contributed by atoms with E-state index in [1.165, 1.54) is 20.4 Å². The van der Waals surface area contributed by atoms with Crippen LogP contribution >= 0.6 is 0 Å². The zero-order valence-corrected chi connectivity index (χ0v) is 12.6. The molecule has 0 aliphatic heterocycles. The number of hydrogen-bond acceptors (Lipinski definition) is 6. The zero-order valence-electron chi connectivity index (χ0n) is 9.76. The first kappa shape index (κ1) is 15.9. The first-order valence-electron chi connectivity index (χ1n) is 4.46. The second-order valence-electron chi connectivity index (χ2n) is 2.86. The van der Waals surface area contributed by atoms with Gasteiger partial charge in [-0.15, -0.1) is 0 Å². The molecule has 1 aromatic heterocycles. The number of aromatic nitrogens is 2. The Hall–Kier alpha value is -1.08. The second-order valence-corrected chi connectivity index (χ2v) is 2.86. The van der Waals surface area contributed by atoms with Crippen molar-refractivity contribution in [1.29, 1.82) is 0 Å². The summed E-state index contributed by atoms with van der Waals surface area (Å²) in [5.74, 6) is -0.411. The second kappa shape index (κ2) is 7.29. The minimum absolute atomic E-state index is 0. The van der Waals surface area contributed by atoms with E-state index in [-0.39, 0.29) is 49.9 Å². The van der Waals surface area contributed by atoms with Crippen molar-refractivity contribution in [3.05, 3.63) is 17.6 Å². The molecule has 0 saturated heterocycles. The van der Waals surface area contributed by atoms with Crippen LogP contribution in [0.5, 0.6) is 5.88 Å². The SMILES string of the molecule is CNC(=O)/C(=N/OC)c1cnc(C)nc1O.[Y]. The molecule has 89 valence electrons. The Labute approximate surface area is 124 Å². The van der Waals surface area contributed by atoms with E-state index in [9.17, 15) is 9.90 Å². The Morgan fingerprint density at radius 3 is 2.71 bits per heavy atom. The fourth-order valence-electron chi connectivity index (χ4n) is 1.05. The third-order valence-electron chi connectivity index (χ3n) is 1.77. The van der Waals surface area contributed by atoms with Gasteiger partial charge >= 0.3 is 0 Å². The van der Waals surface area contributed by atoms with Crippen LogP contribution in [0.3, 0.4) is 0 Å². The Morgan fingerprint density at radius 2 is 2.24 bits per heavy atom. The van der Waals surface area contributed by atoms with Crippen molar-refractivity contribution in [3.63, 3.8) is 0 Å². The standard InChI is InChI=1S/C9H12N4O3.Y/c1-5-11-4-6(8(14)12-5)7(13-16-3)9(15)10-2;/h4H,1-3H3,(H,10,15)(H,11,12,14);/b13-7+;. The predicted octanol–water partition coefficient (Wildman–Crippen LogP) is -0.415. The maximum atomic E-state index is 11.5. The molecule has 7 nitrogen and oxygen atoms in total.